The van der Waals surface area contributed by atoms with Crippen molar-refractivity contribution < 1.29 is 13.9 Å². The van der Waals surface area contributed by atoms with Gasteiger partial charge in [-0.1, -0.05) is 12.1 Å². The molecule has 1 amide bonds. The van der Waals surface area contributed by atoms with Crippen LogP contribution in [0, 0.1) is 12.7 Å². The molecule has 0 aliphatic carbocycles. The van der Waals surface area contributed by atoms with E-state index in [-0.39, 0.29) is 17.3 Å². The molecular weight excluding hydrogens is 461 g/mol. The predicted molar refractivity (Wildman–Crippen MR) is 139 cm³/mol. The second kappa shape index (κ2) is 10.1. The number of likely N-dealkylation sites (N-methyl/N-ethyl adjacent to an activating group) is 2. The van der Waals surface area contributed by atoms with Crippen LogP contribution in [-0.4, -0.2) is 65.4 Å². The van der Waals surface area contributed by atoms with Crippen LogP contribution in [0.2, 0.25) is 0 Å². The van der Waals surface area contributed by atoms with E-state index in [2.05, 4.69) is 15.1 Å². The molecule has 9 nitrogen and oxygen atoms in total. The molecule has 4 rings (SSSR count). The van der Waals surface area contributed by atoms with Gasteiger partial charge in [0.25, 0.3) is 0 Å². The largest absolute Gasteiger partial charge is 0.496 e. The lowest BCUT2D eigenvalue weighted by Crippen LogP contribution is -2.24. The highest BCUT2D eigenvalue weighted by molar-refractivity contribution is 6.01. The summed E-state index contributed by atoms with van der Waals surface area (Å²) >= 11 is 0. The van der Waals surface area contributed by atoms with E-state index in [4.69, 9.17) is 10.5 Å². The molecule has 0 atom stereocenters. The second-order valence-electron chi connectivity index (χ2n) is 8.60. The Morgan fingerprint density at radius 1 is 1.19 bits per heavy atom. The second-order valence-corrected chi connectivity index (χ2v) is 8.60. The lowest BCUT2D eigenvalue weighted by atomic mass is 10.1. The number of rotatable bonds is 7. The average molecular weight is 490 g/mol. The first-order valence-electron chi connectivity index (χ1n) is 11.2. The maximum Gasteiger partial charge on any atom is 0.250 e. The Morgan fingerprint density at radius 2 is 1.97 bits per heavy atom. The van der Waals surface area contributed by atoms with E-state index in [1.165, 1.54) is 30.5 Å². The van der Waals surface area contributed by atoms with Gasteiger partial charge in [-0.25, -0.2) is 19.0 Å². The van der Waals surface area contributed by atoms with E-state index < -0.39 is 5.82 Å². The molecule has 0 saturated carbocycles. The van der Waals surface area contributed by atoms with Gasteiger partial charge in [-0.05, 0) is 56.9 Å². The number of methoxy groups -OCH3 is 1. The van der Waals surface area contributed by atoms with Gasteiger partial charge in [0.15, 0.2) is 5.65 Å². The SMILES string of the molecule is COc1cc(-c2nn(-c3cccc(N(C)C(=O)/C=C/CN(C)C)c3)c3ncnc(N)c23)c(F)cc1C. The number of amides is 1. The predicted octanol–water partition coefficient (Wildman–Crippen LogP) is 3.60. The van der Waals surface area contributed by atoms with Gasteiger partial charge in [-0.2, -0.15) is 5.10 Å². The first-order chi connectivity index (χ1) is 17.2. The van der Waals surface area contributed by atoms with E-state index in [0.717, 1.165) is 0 Å². The smallest absolute Gasteiger partial charge is 0.250 e. The zero-order valence-corrected chi connectivity index (χ0v) is 20.9. The maximum absolute atomic E-state index is 15.1. The van der Waals surface area contributed by atoms with Gasteiger partial charge in [0.1, 0.15) is 29.4 Å². The molecule has 4 aromatic rings. The number of anilines is 2. The molecule has 0 unspecified atom stereocenters. The summed E-state index contributed by atoms with van der Waals surface area (Å²) in [6.07, 6.45) is 4.68. The fourth-order valence-electron chi connectivity index (χ4n) is 3.83. The summed E-state index contributed by atoms with van der Waals surface area (Å²) in [6, 6.07) is 10.2. The van der Waals surface area contributed by atoms with Crippen molar-refractivity contribution in [3.8, 4) is 22.7 Å². The van der Waals surface area contributed by atoms with Gasteiger partial charge in [0.05, 0.1) is 18.2 Å². The van der Waals surface area contributed by atoms with E-state index in [1.807, 2.05) is 37.2 Å². The Bertz CT molecular complexity index is 1460. The van der Waals surface area contributed by atoms with Crippen molar-refractivity contribution in [1.29, 1.82) is 0 Å². The molecule has 0 fully saturated rings. The van der Waals surface area contributed by atoms with Gasteiger partial charge >= 0.3 is 0 Å². The van der Waals surface area contributed by atoms with Crippen molar-refractivity contribution in [2.24, 2.45) is 0 Å². The number of nitrogen functional groups attached to an aromatic ring is 1. The number of benzene rings is 2. The minimum absolute atomic E-state index is 0.166. The third-order valence-corrected chi connectivity index (χ3v) is 5.76. The summed E-state index contributed by atoms with van der Waals surface area (Å²) in [5.41, 5.74) is 9.06. The number of halogens is 1. The highest BCUT2D eigenvalue weighted by Gasteiger charge is 2.22. The van der Waals surface area contributed by atoms with Crippen LogP contribution in [0.5, 0.6) is 5.75 Å². The number of aryl methyl sites for hydroxylation is 1. The van der Waals surface area contributed by atoms with Gasteiger partial charge < -0.3 is 20.3 Å². The molecular formula is C26H28FN7O2. The summed E-state index contributed by atoms with van der Waals surface area (Å²) in [5.74, 6) is 0.0655. The fourth-order valence-corrected chi connectivity index (χ4v) is 3.83. The Kier molecular flexibility index (Phi) is 6.98. The van der Waals surface area contributed by atoms with E-state index >= 15 is 4.39 Å². The van der Waals surface area contributed by atoms with Crippen LogP contribution in [0.4, 0.5) is 15.9 Å². The molecule has 2 heterocycles. The van der Waals surface area contributed by atoms with Crippen molar-refractivity contribution in [3.05, 3.63) is 66.3 Å². The molecule has 186 valence electrons. The summed E-state index contributed by atoms with van der Waals surface area (Å²) in [4.78, 5) is 24.6. The average Bonchev–Trinajstić information content (AvgIpc) is 3.24. The zero-order valence-electron chi connectivity index (χ0n) is 20.9. The Hall–Kier alpha value is -4.31. The number of carbonyl (C=O) groups excluding carboxylic acids is 1. The highest BCUT2D eigenvalue weighted by Crippen LogP contribution is 2.36. The van der Waals surface area contributed by atoms with Gasteiger partial charge in [0.2, 0.25) is 5.91 Å². The topological polar surface area (TPSA) is 102 Å². The molecule has 2 aromatic carbocycles. The summed E-state index contributed by atoms with van der Waals surface area (Å²) < 4.78 is 22.1. The minimum Gasteiger partial charge on any atom is -0.496 e. The summed E-state index contributed by atoms with van der Waals surface area (Å²) in [6.45, 7) is 2.42. The lowest BCUT2D eigenvalue weighted by molar-refractivity contribution is -0.113. The van der Waals surface area contributed by atoms with Crippen molar-refractivity contribution in [2.45, 2.75) is 6.92 Å². The standard InChI is InChI=1S/C26H28FN7O2/c1-16-12-20(27)19(14-21(16)36-5)24-23-25(28)29-15-30-26(23)34(31-24)18-9-6-8-17(13-18)33(4)22(35)10-7-11-32(2)3/h6-10,12-15H,11H2,1-5H3,(H2,28,29,30)/b10-7+. The molecule has 0 radical (unpaired) electrons. The molecule has 10 heteroatoms. The number of hydrogen-bond acceptors (Lipinski definition) is 7. The first kappa shape index (κ1) is 24.8. The quantitative estimate of drug-likeness (QED) is 0.396. The molecule has 0 aliphatic heterocycles. The van der Waals surface area contributed by atoms with E-state index in [0.29, 0.717) is 46.0 Å². The van der Waals surface area contributed by atoms with Crippen molar-refractivity contribution in [3.63, 3.8) is 0 Å². The van der Waals surface area contributed by atoms with Crippen molar-refractivity contribution in [2.75, 3.05) is 45.4 Å². The highest BCUT2D eigenvalue weighted by atomic mass is 19.1. The van der Waals surface area contributed by atoms with Crippen LogP contribution < -0.4 is 15.4 Å². The van der Waals surface area contributed by atoms with E-state index in [9.17, 15) is 4.79 Å². The van der Waals surface area contributed by atoms with E-state index in [1.54, 1.807) is 36.9 Å². The monoisotopic (exact) mass is 489 g/mol. The first-order valence-corrected chi connectivity index (χ1v) is 11.2. The summed E-state index contributed by atoms with van der Waals surface area (Å²) in [7, 11) is 7.08. The molecule has 36 heavy (non-hydrogen) atoms. The Morgan fingerprint density at radius 3 is 2.69 bits per heavy atom. The molecule has 0 aliphatic rings. The third kappa shape index (κ3) is 4.76. The normalized spacial score (nSPS) is 11.5. The number of aromatic nitrogens is 4. The van der Waals surface area contributed by atoms with Crippen LogP contribution in [0.3, 0.4) is 0 Å². The number of fused-ring (bicyclic) bond motifs is 1. The summed E-state index contributed by atoms with van der Waals surface area (Å²) in [5, 5.41) is 5.11. The molecule has 0 spiro atoms. The Balaban J connectivity index is 1.82. The molecule has 2 aromatic heterocycles. The number of nitrogens with two attached hydrogens (primary N) is 1. The van der Waals surface area contributed by atoms with Crippen LogP contribution in [0.15, 0.2) is 54.9 Å². The third-order valence-electron chi connectivity index (χ3n) is 5.76. The maximum atomic E-state index is 15.1. The zero-order chi connectivity index (χ0) is 26.0. The number of carbonyl (C=O) groups is 1. The van der Waals surface area contributed by atoms with Crippen molar-refractivity contribution >= 4 is 28.4 Å². The number of hydrogen-bond donors (Lipinski definition) is 1. The van der Waals surface area contributed by atoms with Crippen LogP contribution in [0.25, 0.3) is 28.0 Å². The fraction of sp³-hybridized carbons (Fsp3) is 0.231. The van der Waals surface area contributed by atoms with Crippen LogP contribution >= 0.6 is 0 Å². The van der Waals surface area contributed by atoms with Crippen LogP contribution in [-0.2, 0) is 4.79 Å². The lowest BCUT2D eigenvalue weighted by Gasteiger charge is -2.16. The molecule has 0 saturated heterocycles. The van der Waals surface area contributed by atoms with Crippen molar-refractivity contribution in [1.82, 2.24) is 24.6 Å². The Labute approximate surface area is 208 Å². The molecule has 0 bridgehead atoms. The number of ether oxygens (including phenoxy) is 1. The van der Waals surface area contributed by atoms with Crippen LogP contribution in [0.1, 0.15) is 5.56 Å². The van der Waals surface area contributed by atoms with Gasteiger partial charge in [-0.3, -0.25) is 4.79 Å². The molecule has 2 N–H and O–H groups in total. The minimum atomic E-state index is -0.466. The number of nitrogens with zero attached hydrogens (tertiary/aromatic N) is 6. The van der Waals surface area contributed by atoms with Gasteiger partial charge in [0, 0.05) is 30.9 Å². The van der Waals surface area contributed by atoms with Gasteiger partial charge in [-0.15, -0.1) is 0 Å².